The Hall–Kier alpha value is -1.23. The highest BCUT2D eigenvalue weighted by atomic mass is 32.2. The molecule has 0 bridgehead atoms. The largest absolute Gasteiger partial charge is 0.481 e. The highest BCUT2D eigenvalue weighted by molar-refractivity contribution is 7.91. The summed E-state index contributed by atoms with van der Waals surface area (Å²) in [6.07, 6.45) is 14.1. The van der Waals surface area contributed by atoms with Crippen molar-refractivity contribution in [3.8, 4) is 0 Å². The molecule has 1 aliphatic heterocycles. The normalized spacial score (nSPS) is 48.1. The Morgan fingerprint density at radius 2 is 1.45 bits per heavy atom. The van der Waals surface area contributed by atoms with Crippen molar-refractivity contribution in [3.05, 3.63) is 0 Å². The van der Waals surface area contributed by atoms with Gasteiger partial charge in [0.1, 0.15) is 6.10 Å². The van der Waals surface area contributed by atoms with Crippen LogP contribution in [0.2, 0.25) is 0 Å². The van der Waals surface area contributed by atoms with Gasteiger partial charge in [-0.1, -0.05) is 55.4 Å². The van der Waals surface area contributed by atoms with Gasteiger partial charge >= 0.3 is 11.9 Å². The molecule has 14 atom stereocenters. The van der Waals surface area contributed by atoms with E-state index in [1.54, 1.807) is 0 Å². The maximum atomic E-state index is 13.7. The summed E-state index contributed by atoms with van der Waals surface area (Å²) >= 11 is 0. The summed E-state index contributed by atoms with van der Waals surface area (Å²) < 4.78 is 31.0. The van der Waals surface area contributed by atoms with Gasteiger partial charge in [-0.2, -0.15) is 0 Å². The number of aliphatic carboxylic acids is 1. The quantitative estimate of drug-likeness (QED) is 0.205. The third kappa shape index (κ3) is 6.06. The van der Waals surface area contributed by atoms with Crippen LogP contribution in [0.15, 0.2) is 0 Å². The van der Waals surface area contributed by atoms with Crippen molar-refractivity contribution in [2.75, 3.05) is 31.1 Å². The van der Waals surface area contributed by atoms with Crippen LogP contribution < -0.4 is 5.32 Å². The molecule has 8 fully saturated rings. The van der Waals surface area contributed by atoms with Gasteiger partial charge in [-0.15, -0.1) is 0 Å². The number of aliphatic hydroxyl groups excluding tert-OH is 1. The second-order valence-electron chi connectivity index (χ2n) is 23.3. The van der Waals surface area contributed by atoms with Crippen molar-refractivity contribution in [2.45, 2.75) is 170 Å². The van der Waals surface area contributed by atoms with Crippen LogP contribution in [-0.4, -0.2) is 90.4 Å². The first-order chi connectivity index (χ1) is 26.0. The smallest absolute Gasteiger partial charge is 0.309 e. The minimum Gasteiger partial charge on any atom is -0.481 e. The van der Waals surface area contributed by atoms with Crippen LogP contribution in [0.1, 0.15) is 146 Å². The summed E-state index contributed by atoms with van der Waals surface area (Å²) in [6, 6.07) is -0.0903. The topological polar surface area (TPSA) is 133 Å². The molecule has 0 aromatic heterocycles. The maximum Gasteiger partial charge on any atom is 0.309 e. The van der Waals surface area contributed by atoms with Gasteiger partial charge in [0, 0.05) is 36.6 Å². The van der Waals surface area contributed by atoms with E-state index in [2.05, 4.69) is 51.8 Å². The number of aliphatic hydroxyl groups is 1. The molecule has 3 N–H and O–H groups in total. The molecule has 8 aliphatic rings. The molecule has 9 nitrogen and oxygen atoms in total. The number of fused-ring (bicyclic) bond motifs is 7. The predicted octanol–water partition coefficient (Wildman–Crippen LogP) is 7.35. The number of carboxylic acids is 1. The molecule has 1 saturated heterocycles. The van der Waals surface area contributed by atoms with Gasteiger partial charge in [-0.3, -0.25) is 14.5 Å². The average Bonchev–Trinajstić information content (AvgIpc) is 3.72. The van der Waals surface area contributed by atoms with Crippen molar-refractivity contribution in [2.24, 2.45) is 73.9 Å². The second-order valence-corrected chi connectivity index (χ2v) is 25.6. The fraction of sp³-hybridized carbons (Fsp3) is 0.957. The molecule has 318 valence electrons. The molecule has 0 radical (unpaired) electrons. The third-order valence-electron chi connectivity index (χ3n) is 20.5. The van der Waals surface area contributed by atoms with Gasteiger partial charge < -0.3 is 20.3 Å². The van der Waals surface area contributed by atoms with Gasteiger partial charge in [0.25, 0.3) is 0 Å². The maximum absolute atomic E-state index is 13.7. The highest BCUT2D eigenvalue weighted by Crippen LogP contribution is 2.78. The number of hydrogen-bond donors (Lipinski definition) is 3. The van der Waals surface area contributed by atoms with Crippen LogP contribution in [-0.2, 0) is 24.2 Å². The van der Waals surface area contributed by atoms with Gasteiger partial charge in [0.05, 0.1) is 29.4 Å². The Bertz CT molecular complexity index is 1680. The number of carbonyl (C=O) groups is 2. The number of nitrogens with zero attached hydrogens (tertiary/aromatic N) is 1. The van der Waals surface area contributed by atoms with Crippen LogP contribution in [0.4, 0.5) is 0 Å². The zero-order valence-corrected chi connectivity index (χ0v) is 37.1. The number of rotatable bonds is 9. The number of sulfone groups is 1. The van der Waals surface area contributed by atoms with Gasteiger partial charge in [-0.05, 0) is 147 Å². The van der Waals surface area contributed by atoms with E-state index in [0.29, 0.717) is 61.1 Å². The summed E-state index contributed by atoms with van der Waals surface area (Å²) in [4.78, 5) is 27.7. The molecule has 1 heterocycles. The lowest BCUT2D eigenvalue weighted by Crippen LogP contribution is -2.69. The fourth-order valence-electron chi connectivity index (χ4n) is 16.4. The summed E-state index contributed by atoms with van der Waals surface area (Å²) in [5.41, 5.74) is 0.343. The van der Waals surface area contributed by atoms with Crippen LogP contribution in [0.5, 0.6) is 0 Å². The number of esters is 1. The molecule has 0 aromatic carbocycles. The predicted molar refractivity (Wildman–Crippen MR) is 218 cm³/mol. The molecule has 7 saturated carbocycles. The van der Waals surface area contributed by atoms with Crippen molar-refractivity contribution in [3.63, 3.8) is 0 Å². The minimum atomic E-state index is -2.99. The molecule has 0 spiro atoms. The zero-order valence-electron chi connectivity index (χ0n) is 36.3. The summed E-state index contributed by atoms with van der Waals surface area (Å²) in [6.45, 7) is 22.7. The SMILES string of the molecule is C[C@H](O)[C@H](CN[C@]12CC[C@@H](C3(C)CC3)[C@@H]1[C@H]1CC[C@@H]3[C@@]4(C)CC[C@H](OC(=O)[C@@H]5C[C@H](C(=O)O)C5(C)C)C(C)(C)[C@@H]4CC[C@@]3(C)[C@]1(C)CC2)N1CCS(=O)(=O)CC1. The molecule has 10 heteroatoms. The van der Waals surface area contributed by atoms with Crippen LogP contribution in [0.25, 0.3) is 0 Å². The number of hydrogen-bond acceptors (Lipinski definition) is 8. The van der Waals surface area contributed by atoms with E-state index >= 15 is 0 Å². The second kappa shape index (κ2) is 13.4. The zero-order chi connectivity index (χ0) is 40.6. The Balaban J connectivity index is 1.02. The number of carbonyl (C=O) groups excluding carboxylic acids is 1. The lowest BCUT2D eigenvalue weighted by atomic mass is 9.32. The molecule has 8 rings (SSSR count). The van der Waals surface area contributed by atoms with Gasteiger partial charge in [-0.25, -0.2) is 8.42 Å². The van der Waals surface area contributed by atoms with Gasteiger partial charge in [0.2, 0.25) is 0 Å². The lowest BCUT2D eigenvalue weighted by Gasteiger charge is -2.73. The highest BCUT2D eigenvalue weighted by Gasteiger charge is 2.72. The summed E-state index contributed by atoms with van der Waals surface area (Å²) in [5.74, 6) is 1.54. The summed E-state index contributed by atoms with van der Waals surface area (Å²) in [5, 5.41) is 25.0. The third-order valence-corrected chi connectivity index (χ3v) is 22.1. The first-order valence-corrected chi connectivity index (χ1v) is 24.6. The van der Waals surface area contributed by atoms with E-state index in [1.165, 1.54) is 57.8 Å². The Morgan fingerprint density at radius 1 is 0.768 bits per heavy atom. The number of nitrogens with one attached hydrogen (secondary N) is 1. The van der Waals surface area contributed by atoms with Gasteiger partial charge in [0.15, 0.2) is 9.84 Å². The van der Waals surface area contributed by atoms with E-state index in [1.807, 2.05) is 20.8 Å². The van der Waals surface area contributed by atoms with Crippen molar-refractivity contribution in [1.82, 2.24) is 10.2 Å². The average molecular weight is 801 g/mol. The molecule has 7 aliphatic carbocycles. The lowest BCUT2D eigenvalue weighted by molar-refractivity contribution is -0.250. The molecule has 0 amide bonds. The van der Waals surface area contributed by atoms with Crippen LogP contribution in [0.3, 0.4) is 0 Å². The van der Waals surface area contributed by atoms with Crippen molar-refractivity contribution in [1.29, 1.82) is 0 Å². The fourth-order valence-corrected chi connectivity index (χ4v) is 17.6. The number of carboxylic acid groups (broad SMARTS) is 1. The van der Waals surface area contributed by atoms with Crippen LogP contribution >= 0.6 is 0 Å². The standard InChI is InChI=1S/C46H76N2O7S/c1-28(49)33(48-22-24-56(53,54)25-23-48)27-47-46-17-12-29(42(6)18-19-42)37(46)30-10-11-35-43(7)15-14-36(55-39(52)32-26-31(38(50)51)40(32,2)3)41(4,5)34(43)13-16-45(35,9)44(30,8)20-21-46/h28-37,47,49H,10-27H2,1-9H3,(H,50,51)/t28-,29+,30+,31+,32-,33-,34-,35+,36-,37+,43-,44+,45+,46-/m0/s1. The summed E-state index contributed by atoms with van der Waals surface area (Å²) in [7, 11) is -2.99. The van der Waals surface area contributed by atoms with Crippen molar-refractivity contribution >= 4 is 21.8 Å². The molecular formula is C46H76N2O7S. The Kier molecular flexibility index (Phi) is 9.92. The monoisotopic (exact) mass is 801 g/mol. The van der Waals surface area contributed by atoms with Crippen molar-refractivity contribution < 1.29 is 33.0 Å². The number of ether oxygens (including phenoxy) is 1. The molecular weight excluding hydrogens is 725 g/mol. The van der Waals surface area contributed by atoms with Crippen LogP contribution in [0, 0.1) is 73.9 Å². The first-order valence-electron chi connectivity index (χ1n) is 22.8. The Morgan fingerprint density at radius 3 is 2.05 bits per heavy atom. The van der Waals surface area contributed by atoms with E-state index in [4.69, 9.17) is 4.74 Å². The van der Waals surface area contributed by atoms with E-state index in [0.717, 1.165) is 19.3 Å². The Labute approximate surface area is 338 Å². The van der Waals surface area contributed by atoms with E-state index < -0.39 is 33.2 Å². The van der Waals surface area contributed by atoms with E-state index in [-0.39, 0.29) is 62.7 Å². The molecule has 56 heavy (non-hydrogen) atoms. The molecule has 0 unspecified atom stereocenters. The first kappa shape index (κ1) is 41.5. The minimum absolute atomic E-state index is 0.0587. The molecule has 0 aromatic rings. The van der Waals surface area contributed by atoms with E-state index in [9.17, 15) is 28.2 Å².